The van der Waals surface area contributed by atoms with Gasteiger partial charge in [-0.25, -0.2) is 8.78 Å². The van der Waals surface area contributed by atoms with Crippen LogP contribution in [-0.4, -0.2) is 52.9 Å². The van der Waals surface area contributed by atoms with Crippen molar-refractivity contribution in [2.24, 2.45) is 0 Å². The number of nitrogens with two attached hydrogens (primary N) is 1. The molecule has 1 aromatic rings. The average molecular weight is 272 g/mol. The first kappa shape index (κ1) is 12.8. The third-order valence-electron chi connectivity index (χ3n) is 4.14. The van der Waals surface area contributed by atoms with Crippen LogP contribution >= 0.6 is 0 Å². The van der Waals surface area contributed by atoms with Gasteiger partial charge in [0.2, 0.25) is 0 Å². The lowest BCUT2D eigenvalue weighted by Gasteiger charge is -2.44. The van der Waals surface area contributed by atoms with Crippen molar-refractivity contribution in [2.75, 3.05) is 32.0 Å². The molecule has 0 saturated carbocycles. The second-order valence-electron chi connectivity index (χ2n) is 5.34. The number of hydrogen-bond donors (Lipinski definition) is 1. The van der Waals surface area contributed by atoms with Gasteiger partial charge in [0.15, 0.2) is 0 Å². The van der Waals surface area contributed by atoms with E-state index in [9.17, 15) is 8.78 Å². The van der Waals surface area contributed by atoms with Crippen molar-refractivity contribution in [3.05, 3.63) is 11.9 Å². The van der Waals surface area contributed by atoms with Gasteiger partial charge >= 0.3 is 0 Å². The SMILES string of the molecule is Cc1c(N)cnn1C1CN(C2COC2)CCC1(F)F. The molecule has 3 heterocycles. The molecular weight excluding hydrogens is 254 g/mol. The molecule has 106 valence electrons. The van der Waals surface area contributed by atoms with E-state index in [1.807, 2.05) is 0 Å². The van der Waals surface area contributed by atoms with Gasteiger partial charge in [0.05, 0.1) is 36.8 Å². The molecule has 2 aliphatic heterocycles. The van der Waals surface area contributed by atoms with Crippen molar-refractivity contribution in [3.63, 3.8) is 0 Å². The Kier molecular flexibility index (Phi) is 2.98. The highest BCUT2D eigenvalue weighted by Gasteiger charge is 2.48. The largest absolute Gasteiger partial charge is 0.396 e. The molecule has 0 bridgehead atoms. The number of rotatable bonds is 2. The summed E-state index contributed by atoms with van der Waals surface area (Å²) in [5.74, 6) is -2.75. The topological polar surface area (TPSA) is 56.3 Å². The average Bonchev–Trinajstić information content (AvgIpc) is 2.60. The first-order chi connectivity index (χ1) is 8.99. The molecule has 3 rings (SSSR count). The van der Waals surface area contributed by atoms with Crippen molar-refractivity contribution in [1.29, 1.82) is 0 Å². The normalized spacial score (nSPS) is 28.3. The molecule has 19 heavy (non-hydrogen) atoms. The molecule has 0 aliphatic carbocycles. The smallest absolute Gasteiger partial charge is 0.272 e. The van der Waals surface area contributed by atoms with Crippen LogP contribution in [0, 0.1) is 6.92 Å². The van der Waals surface area contributed by atoms with E-state index in [-0.39, 0.29) is 12.5 Å². The van der Waals surface area contributed by atoms with Gasteiger partial charge in [-0.2, -0.15) is 5.10 Å². The Morgan fingerprint density at radius 1 is 1.47 bits per heavy atom. The Morgan fingerprint density at radius 3 is 2.74 bits per heavy atom. The number of nitrogens with zero attached hydrogens (tertiary/aromatic N) is 3. The summed E-state index contributed by atoms with van der Waals surface area (Å²) in [6.45, 7) is 3.71. The fourth-order valence-electron chi connectivity index (χ4n) is 2.68. The number of ether oxygens (including phenoxy) is 1. The molecule has 5 nitrogen and oxygen atoms in total. The van der Waals surface area contributed by atoms with Gasteiger partial charge in [-0.1, -0.05) is 0 Å². The van der Waals surface area contributed by atoms with Crippen LogP contribution in [0.2, 0.25) is 0 Å². The van der Waals surface area contributed by atoms with Crippen LogP contribution < -0.4 is 5.73 Å². The van der Waals surface area contributed by atoms with Crippen LogP contribution in [-0.2, 0) is 4.74 Å². The number of alkyl halides is 2. The number of piperidine rings is 1. The number of halogens is 2. The minimum Gasteiger partial charge on any atom is -0.396 e. The van der Waals surface area contributed by atoms with Gasteiger partial charge < -0.3 is 10.5 Å². The first-order valence-corrected chi connectivity index (χ1v) is 6.48. The zero-order chi connectivity index (χ0) is 13.6. The van der Waals surface area contributed by atoms with E-state index in [4.69, 9.17) is 10.5 Å². The molecular formula is C12H18F2N4O. The number of aromatic nitrogens is 2. The highest BCUT2D eigenvalue weighted by atomic mass is 19.3. The summed E-state index contributed by atoms with van der Waals surface area (Å²) in [4.78, 5) is 2.07. The van der Waals surface area contributed by atoms with Crippen molar-refractivity contribution in [2.45, 2.75) is 31.4 Å². The lowest BCUT2D eigenvalue weighted by molar-refractivity contribution is -0.140. The molecule has 0 spiro atoms. The Bertz CT molecular complexity index is 472. The van der Waals surface area contributed by atoms with Crippen LogP contribution in [0.15, 0.2) is 6.20 Å². The van der Waals surface area contributed by atoms with E-state index in [1.165, 1.54) is 10.9 Å². The van der Waals surface area contributed by atoms with Gasteiger partial charge in [0, 0.05) is 19.5 Å². The maximum absolute atomic E-state index is 14.1. The number of anilines is 1. The van der Waals surface area contributed by atoms with Crippen molar-refractivity contribution in [1.82, 2.24) is 14.7 Å². The van der Waals surface area contributed by atoms with Crippen LogP contribution in [0.3, 0.4) is 0 Å². The molecule has 0 radical (unpaired) electrons. The summed E-state index contributed by atoms with van der Waals surface area (Å²) >= 11 is 0. The van der Waals surface area contributed by atoms with Gasteiger partial charge in [-0.3, -0.25) is 9.58 Å². The fourth-order valence-corrected chi connectivity index (χ4v) is 2.68. The Balaban J connectivity index is 1.85. The van der Waals surface area contributed by atoms with Gasteiger partial charge in [-0.15, -0.1) is 0 Å². The monoisotopic (exact) mass is 272 g/mol. The lowest BCUT2D eigenvalue weighted by atomic mass is 9.98. The summed E-state index contributed by atoms with van der Waals surface area (Å²) < 4.78 is 34.8. The van der Waals surface area contributed by atoms with Crippen LogP contribution in [0.4, 0.5) is 14.5 Å². The first-order valence-electron chi connectivity index (χ1n) is 6.48. The van der Waals surface area contributed by atoms with Crippen molar-refractivity contribution < 1.29 is 13.5 Å². The molecule has 2 N–H and O–H groups in total. The van der Waals surface area contributed by atoms with Crippen LogP contribution in [0.5, 0.6) is 0 Å². The molecule has 7 heteroatoms. The van der Waals surface area contributed by atoms with Gasteiger partial charge in [0.25, 0.3) is 5.92 Å². The van der Waals surface area contributed by atoms with E-state index in [0.29, 0.717) is 37.7 Å². The second kappa shape index (κ2) is 4.42. The second-order valence-corrected chi connectivity index (χ2v) is 5.34. The fraction of sp³-hybridized carbons (Fsp3) is 0.750. The maximum atomic E-state index is 14.1. The third kappa shape index (κ3) is 2.10. The molecule has 1 atom stereocenters. The molecule has 1 aromatic heterocycles. The minimum atomic E-state index is -2.75. The lowest BCUT2D eigenvalue weighted by Crippen LogP contribution is -2.57. The summed E-state index contributed by atoms with van der Waals surface area (Å²) in [5, 5.41) is 4.03. The van der Waals surface area contributed by atoms with E-state index < -0.39 is 12.0 Å². The number of nitrogen functional groups attached to an aromatic ring is 1. The highest BCUT2D eigenvalue weighted by molar-refractivity contribution is 5.40. The van der Waals surface area contributed by atoms with E-state index in [0.717, 1.165) is 0 Å². The third-order valence-corrected chi connectivity index (χ3v) is 4.14. The standard InChI is InChI=1S/C12H18F2N4O/c1-8-10(15)4-16-18(8)11-5-17(9-6-19-7-9)3-2-12(11,13)14/h4,9,11H,2-3,5-7,15H2,1H3. The predicted molar refractivity (Wildman–Crippen MR) is 66.2 cm³/mol. The van der Waals surface area contributed by atoms with Gasteiger partial charge in [0.1, 0.15) is 6.04 Å². The summed E-state index contributed by atoms with van der Waals surface area (Å²) in [5.41, 5.74) is 6.77. The zero-order valence-electron chi connectivity index (χ0n) is 10.9. The molecule has 2 fully saturated rings. The zero-order valence-corrected chi connectivity index (χ0v) is 10.9. The van der Waals surface area contributed by atoms with E-state index in [1.54, 1.807) is 6.92 Å². The van der Waals surface area contributed by atoms with E-state index in [2.05, 4.69) is 10.00 Å². The summed E-state index contributed by atoms with van der Waals surface area (Å²) in [6, 6.07) is -0.675. The van der Waals surface area contributed by atoms with Gasteiger partial charge in [-0.05, 0) is 6.92 Å². The maximum Gasteiger partial charge on any atom is 0.272 e. The molecule has 2 aliphatic rings. The number of likely N-dealkylation sites (tertiary alicyclic amines) is 1. The minimum absolute atomic E-state index is 0.145. The Hall–Kier alpha value is -1.21. The summed E-state index contributed by atoms with van der Waals surface area (Å²) in [7, 11) is 0. The van der Waals surface area contributed by atoms with Crippen molar-refractivity contribution in [3.8, 4) is 0 Å². The molecule has 0 amide bonds. The Labute approximate surface area is 110 Å². The molecule has 1 unspecified atom stereocenters. The van der Waals surface area contributed by atoms with Crippen LogP contribution in [0.25, 0.3) is 0 Å². The highest BCUT2D eigenvalue weighted by Crippen LogP contribution is 2.38. The quantitative estimate of drug-likeness (QED) is 0.874. The predicted octanol–water partition coefficient (Wildman–Crippen LogP) is 1.05. The Morgan fingerprint density at radius 2 is 2.21 bits per heavy atom. The molecule has 0 aromatic carbocycles. The van der Waals surface area contributed by atoms with E-state index >= 15 is 0 Å². The molecule has 2 saturated heterocycles. The van der Waals surface area contributed by atoms with Crippen molar-refractivity contribution >= 4 is 5.69 Å². The summed E-state index contributed by atoms with van der Waals surface area (Å²) in [6.07, 6.45) is 1.30. The van der Waals surface area contributed by atoms with Crippen LogP contribution in [0.1, 0.15) is 18.2 Å². The number of hydrogen-bond acceptors (Lipinski definition) is 4.